The number of carboxylic acids is 1. The average Bonchev–Trinajstić information content (AvgIpc) is 1.86. The molecule has 84 valence electrons. The Kier molecular flexibility index (Phi) is 22.2. The number of rotatable bonds is 5. The fraction of sp³-hybridized carbons (Fsp3) is 0.714. The second-order valence-electron chi connectivity index (χ2n) is 2.80. The Hall–Kier alpha value is 0.120. The van der Waals surface area contributed by atoms with Crippen LogP contribution in [0, 0.1) is 5.92 Å². The van der Waals surface area contributed by atoms with Gasteiger partial charge in [-0.05, 0) is 12.3 Å². The molecule has 0 aliphatic heterocycles. The molecule has 0 aliphatic rings. The van der Waals surface area contributed by atoms with Crippen LogP contribution in [0.25, 0.3) is 0 Å². The molecule has 6 nitrogen and oxygen atoms in total. The quantitative estimate of drug-likeness (QED) is 0.442. The Morgan fingerprint density at radius 3 is 2.14 bits per heavy atom. The minimum Gasteiger partial charge on any atom is -1.00 e. The zero-order chi connectivity index (χ0) is 8.85. The first-order chi connectivity index (χ1) is 5.07. The number of aliphatic carboxylic acids is 1. The number of amides is 1. The van der Waals surface area contributed by atoms with Gasteiger partial charge in [0.15, 0.2) is 0 Å². The Morgan fingerprint density at radius 2 is 1.93 bits per heavy atom. The van der Waals surface area contributed by atoms with Gasteiger partial charge in [-0.1, -0.05) is 13.8 Å². The smallest absolute Gasteiger partial charge is 1.00 e. The van der Waals surface area contributed by atoms with Crippen LogP contribution in [-0.4, -0.2) is 72.2 Å². The number of hydrogen-bond acceptors (Lipinski definition) is 2. The molecule has 1 atom stereocenters. The molecule has 0 radical (unpaired) electrons. The van der Waals surface area contributed by atoms with Crippen LogP contribution in [0.3, 0.4) is 0 Å². The molecule has 0 saturated carbocycles. The second-order valence-corrected chi connectivity index (χ2v) is 2.80. The Bertz CT molecular complexity index is 162. The van der Waals surface area contributed by atoms with Crippen LogP contribution in [0.5, 0.6) is 0 Å². The van der Waals surface area contributed by atoms with Gasteiger partial charge in [-0.15, -0.1) is 0 Å². The predicted molar refractivity (Wildman–Crippen MR) is 55.3 cm³/mol. The Morgan fingerprint density at radius 1 is 1.50 bits per heavy atom. The van der Waals surface area contributed by atoms with Gasteiger partial charge in [-0.25, -0.2) is 4.79 Å². The van der Waals surface area contributed by atoms with Gasteiger partial charge in [0.2, 0.25) is 6.41 Å². The molecule has 6 N–H and O–H groups in total. The van der Waals surface area contributed by atoms with Crippen LogP contribution in [0.1, 0.15) is 23.1 Å². The predicted octanol–water partition coefficient (Wildman–Crippen LogP) is -1.57. The van der Waals surface area contributed by atoms with Gasteiger partial charge in [0.05, 0.1) is 0 Å². The molecule has 0 heterocycles. The summed E-state index contributed by atoms with van der Waals surface area (Å²) in [5.41, 5.74) is 0. The summed E-state index contributed by atoms with van der Waals surface area (Å²) in [5, 5.41) is 10.8. The summed E-state index contributed by atoms with van der Waals surface area (Å²) in [6.07, 6.45) is 0.884. The van der Waals surface area contributed by atoms with Gasteiger partial charge in [0.1, 0.15) is 6.04 Å². The minimum atomic E-state index is -0.981. The third-order valence-electron chi connectivity index (χ3n) is 1.27. The zero-order valence-corrected chi connectivity index (χ0v) is 10.6. The van der Waals surface area contributed by atoms with Crippen LogP contribution < -0.4 is 5.32 Å². The van der Waals surface area contributed by atoms with Crippen LogP contribution >= 0.6 is 0 Å². The summed E-state index contributed by atoms with van der Waals surface area (Å²) in [6.45, 7) is 3.81. The molecular weight excluding hydrogens is 218 g/mol. The van der Waals surface area contributed by atoms with Crippen molar-refractivity contribution in [2.45, 2.75) is 26.3 Å². The number of carbonyl (C=O) groups excluding carboxylic acids is 1. The first-order valence-corrected chi connectivity index (χ1v) is 3.50. The van der Waals surface area contributed by atoms with Gasteiger partial charge in [-0.2, -0.15) is 0 Å². The van der Waals surface area contributed by atoms with E-state index in [1.54, 1.807) is 0 Å². The summed E-state index contributed by atoms with van der Waals surface area (Å²) < 4.78 is 0. The van der Waals surface area contributed by atoms with Gasteiger partial charge in [0, 0.05) is 0 Å². The van der Waals surface area contributed by atoms with E-state index in [0.29, 0.717) is 12.8 Å². The van der Waals surface area contributed by atoms with Crippen molar-refractivity contribution >= 4 is 50.1 Å². The van der Waals surface area contributed by atoms with Crippen molar-refractivity contribution in [1.82, 2.24) is 5.32 Å². The molecular formula is C7H19CaNO5. The fourth-order valence-corrected chi connectivity index (χ4v) is 0.794. The van der Waals surface area contributed by atoms with E-state index in [1.807, 2.05) is 13.8 Å². The molecule has 0 unspecified atom stereocenters. The molecule has 0 bridgehead atoms. The standard InChI is InChI=1S/C7H13NO3.Ca.2H2O.2H/c1-5(2)3-6(7(10)11)8-4-9;;;;;/h4-6H,3H2,1-2H3,(H,8,9)(H,10,11);;2*1H2;;/q;+2;;;2*-1/t6-;;;;;/m0...../s1. The van der Waals surface area contributed by atoms with E-state index in [2.05, 4.69) is 5.32 Å². The molecule has 0 spiro atoms. The van der Waals surface area contributed by atoms with Crippen molar-refractivity contribution in [2.75, 3.05) is 0 Å². The minimum absolute atomic E-state index is 0. The van der Waals surface area contributed by atoms with E-state index in [1.165, 1.54) is 0 Å². The van der Waals surface area contributed by atoms with Gasteiger partial charge < -0.3 is 24.2 Å². The van der Waals surface area contributed by atoms with Gasteiger partial charge in [-0.3, -0.25) is 4.79 Å². The number of carbonyl (C=O) groups is 2. The summed E-state index contributed by atoms with van der Waals surface area (Å²) in [4.78, 5) is 20.3. The zero-order valence-electron chi connectivity index (χ0n) is 10.4. The normalized spacial score (nSPS) is 9.93. The van der Waals surface area contributed by atoms with Crippen molar-refractivity contribution < 1.29 is 28.5 Å². The van der Waals surface area contributed by atoms with Crippen molar-refractivity contribution in [3.05, 3.63) is 0 Å². The van der Waals surface area contributed by atoms with Crippen LogP contribution in [0.2, 0.25) is 0 Å². The molecule has 7 heteroatoms. The second kappa shape index (κ2) is 13.1. The maximum absolute atomic E-state index is 10.4. The van der Waals surface area contributed by atoms with Crippen molar-refractivity contribution in [3.63, 3.8) is 0 Å². The fourth-order valence-electron chi connectivity index (χ4n) is 0.794. The van der Waals surface area contributed by atoms with Crippen LogP contribution in [0.4, 0.5) is 0 Å². The maximum Gasteiger partial charge on any atom is 2.00 e. The SMILES string of the molecule is CC(C)C[C@H](NC=O)C(=O)O.O.O.[Ca+2].[H-].[H-]. The van der Waals surface area contributed by atoms with E-state index >= 15 is 0 Å². The molecule has 0 fully saturated rings. The monoisotopic (exact) mass is 237 g/mol. The first kappa shape index (κ1) is 23.7. The summed E-state index contributed by atoms with van der Waals surface area (Å²) >= 11 is 0. The van der Waals surface area contributed by atoms with E-state index in [4.69, 9.17) is 5.11 Å². The Balaban J connectivity index is -0.0000000500. The van der Waals surface area contributed by atoms with E-state index in [-0.39, 0.29) is 57.5 Å². The molecule has 0 rings (SSSR count). The third-order valence-corrected chi connectivity index (χ3v) is 1.27. The summed E-state index contributed by atoms with van der Waals surface area (Å²) in [5.74, 6) is -0.714. The number of carboxylic acid groups (broad SMARTS) is 1. The molecule has 0 aromatic heterocycles. The van der Waals surface area contributed by atoms with Gasteiger partial charge in [0.25, 0.3) is 0 Å². The van der Waals surface area contributed by atoms with Gasteiger partial charge >= 0.3 is 43.7 Å². The molecule has 0 saturated heterocycles. The topological polar surface area (TPSA) is 129 Å². The molecule has 0 aromatic carbocycles. The largest absolute Gasteiger partial charge is 2.00 e. The number of hydrogen-bond donors (Lipinski definition) is 2. The molecule has 14 heavy (non-hydrogen) atoms. The Labute approximate surface area is 116 Å². The summed E-state index contributed by atoms with van der Waals surface area (Å²) in [7, 11) is 0. The van der Waals surface area contributed by atoms with E-state index in [0.717, 1.165) is 0 Å². The molecule has 0 aromatic rings. The van der Waals surface area contributed by atoms with Crippen molar-refractivity contribution in [3.8, 4) is 0 Å². The average molecular weight is 237 g/mol. The molecule has 0 aliphatic carbocycles. The van der Waals surface area contributed by atoms with Crippen LogP contribution in [-0.2, 0) is 9.59 Å². The van der Waals surface area contributed by atoms with Crippen molar-refractivity contribution in [1.29, 1.82) is 0 Å². The maximum atomic E-state index is 10.4. The third kappa shape index (κ3) is 12.1. The van der Waals surface area contributed by atoms with Crippen LogP contribution in [0.15, 0.2) is 0 Å². The van der Waals surface area contributed by atoms with E-state index < -0.39 is 12.0 Å². The first-order valence-electron chi connectivity index (χ1n) is 3.50. The number of nitrogens with one attached hydrogen (secondary N) is 1. The van der Waals surface area contributed by atoms with E-state index in [9.17, 15) is 9.59 Å². The molecule has 1 amide bonds. The summed E-state index contributed by atoms with van der Waals surface area (Å²) in [6, 6.07) is -0.743. The van der Waals surface area contributed by atoms with Crippen molar-refractivity contribution in [2.24, 2.45) is 5.92 Å².